The summed E-state index contributed by atoms with van der Waals surface area (Å²) in [5.74, 6) is 0.328. The lowest BCUT2D eigenvalue weighted by Gasteiger charge is -2.22. The van der Waals surface area contributed by atoms with Gasteiger partial charge in [0.15, 0.2) is 0 Å². The van der Waals surface area contributed by atoms with Gasteiger partial charge in [-0.05, 0) is 258 Å². The van der Waals surface area contributed by atoms with E-state index in [-0.39, 0.29) is 22.7 Å². The molecule has 0 amide bonds. The van der Waals surface area contributed by atoms with Crippen molar-refractivity contribution in [2.45, 2.75) is 50.4 Å². The zero-order valence-electron chi connectivity index (χ0n) is 66.3. The number of hydrogen-bond donors (Lipinski definition) is 0. The molecule has 4 aliphatic carbocycles. The number of aromatic nitrogens is 2. The van der Waals surface area contributed by atoms with Crippen LogP contribution in [0.4, 0.5) is 0 Å². The van der Waals surface area contributed by atoms with Crippen LogP contribution in [0.25, 0.3) is 166 Å². The van der Waals surface area contributed by atoms with Crippen LogP contribution in [0, 0.1) is 0 Å². The summed E-state index contributed by atoms with van der Waals surface area (Å²) in [7, 11) is 0. The molecule has 2 heteroatoms. The van der Waals surface area contributed by atoms with Gasteiger partial charge in [-0.15, -0.1) is 0 Å². The molecule has 0 saturated heterocycles. The molecule has 556 valence electrons. The molecule has 2 unspecified atom stereocenters. The summed E-state index contributed by atoms with van der Waals surface area (Å²) in [4.78, 5) is 0. The zero-order valence-corrected chi connectivity index (χ0v) is 66.3. The van der Waals surface area contributed by atoms with Crippen molar-refractivity contribution in [3.8, 4) is 123 Å². The molecule has 118 heavy (non-hydrogen) atoms. The molecule has 0 saturated carbocycles. The van der Waals surface area contributed by atoms with Crippen molar-refractivity contribution in [1.29, 1.82) is 0 Å². The minimum Gasteiger partial charge on any atom is -0.309 e. The number of rotatable bonds is 10. The first-order valence-electron chi connectivity index (χ1n) is 41.6. The van der Waals surface area contributed by atoms with Crippen LogP contribution in [0.1, 0.15) is 95.2 Å². The Hall–Kier alpha value is -14.4. The van der Waals surface area contributed by atoms with Gasteiger partial charge in [0.25, 0.3) is 0 Å². The van der Waals surface area contributed by atoms with Gasteiger partial charge in [-0.1, -0.05) is 349 Å². The van der Waals surface area contributed by atoms with E-state index in [0.717, 1.165) is 5.69 Å². The minimum absolute atomic E-state index is 0.0782. The maximum atomic E-state index is 2.54. The average molecular weight is 1500 g/mol. The van der Waals surface area contributed by atoms with Crippen molar-refractivity contribution in [3.63, 3.8) is 0 Å². The Balaban J connectivity index is 0.000000138. The summed E-state index contributed by atoms with van der Waals surface area (Å²) in [6, 6.07) is 154. The van der Waals surface area contributed by atoms with Crippen molar-refractivity contribution in [1.82, 2.24) is 9.13 Å². The molecular formula is C116H82N2. The Bertz CT molecular complexity index is 7440. The second-order valence-corrected chi connectivity index (χ2v) is 33.8. The van der Waals surface area contributed by atoms with Crippen LogP contribution >= 0.6 is 0 Å². The van der Waals surface area contributed by atoms with Gasteiger partial charge in [0.2, 0.25) is 0 Å². The van der Waals surface area contributed by atoms with Gasteiger partial charge in [-0.25, -0.2) is 0 Å². The summed E-state index contributed by atoms with van der Waals surface area (Å²) in [6.07, 6.45) is 0. The predicted molar refractivity (Wildman–Crippen MR) is 495 cm³/mol. The molecule has 18 aromatic carbocycles. The number of nitrogens with zero attached hydrogens (tertiary/aromatic N) is 2. The van der Waals surface area contributed by atoms with E-state index in [1.807, 2.05) is 0 Å². The highest BCUT2D eigenvalue weighted by atomic mass is 15.0. The third kappa shape index (κ3) is 11.0. The largest absolute Gasteiger partial charge is 0.309 e. The Morgan fingerprint density at radius 3 is 1.16 bits per heavy atom. The van der Waals surface area contributed by atoms with E-state index in [9.17, 15) is 0 Å². The number of hydrogen-bond acceptors (Lipinski definition) is 0. The fourth-order valence-corrected chi connectivity index (χ4v) is 20.7. The van der Waals surface area contributed by atoms with Crippen LogP contribution in [-0.4, -0.2) is 9.13 Å². The molecule has 0 N–H and O–H groups in total. The zero-order chi connectivity index (χ0) is 78.5. The third-order valence-electron chi connectivity index (χ3n) is 26.6. The summed E-state index contributed by atoms with van der Waals surface area (Å²) < 4.78 is 4.91. The highest BCUT2D eigenvalue weighted by Crippen LogP contribution is 2.58. The van der Waals surface area contributed by atoms with Crippen LogP contribution in [0.2, 0.25) is 0 Å². The topological polar surface area (TPSA) is 9.86 Å². The van der Waals surface area contributed by atoms with Crippen LogP contribution in [0.3, 0.4) is 0 Å². The Labute approximate surface area is 689 Å². The molecule has 2 aromatic heterocycles. The second-order valence-electron chi connectivity index (χ2n) is 33.8. The monoisotopic (exact) mass is 1500 g/mol. The number of para-hydroxylation sites is 1. The van der Waals surface area contributed by atoms with Crippen LogP contribution in [-0.2, 0) is 10.8 Å². The number of fused-ring (bicyclic) bond motifs is 18. The quantitative estimate of drug-likeness (QED) is 0.129. The van der Waals surface area contributed by atoms with Crippen molar-refractivity contribution in [2.75, 3.05) is 0 Å². The molecular weight excluding hydrogens is 1420 g/mol. The van der Waals surface area contributed by atoms with E-state index in [1.54, 1.807) is 0 Å². The van der Waals surface area contributed by atoms with E-state index in [1.165, 1.54) is 216 Å². The number of benzene rings is 18. The van der Waals surface area contributed by atoms with Gasteiger partial charge < -0.3 is 9.13 Å². The predicted octanol–water partition coefficient (Wildman–Crippen LogP) is 30.5. The molecule has 0 aliphatic heterocycles. The molecule has 0 spiro atoms. The fraction of sp³-hybridized carbons (Fsp3) is 0.0690. The Kier molecular flexibility index (Phi) is 15.9. The van der Waals surface area contributed by atoms with E-state index in [0.29, 0.717) is 0 Å². The van der Waals surface area contributed by atoms with Gasteiger partial charge in [0, 0.05) is 55.6 Å². The maximum Gasteiger partial charge on any atom is 0.0544 e. The molecule has 0 radical (unpaired) electrons. The Morgan fingerprint density at radius 2 is 0.559 bits per heavy atom. The molecule has 24 rings (SSSR count). The van der Waals surface area contributed by atoms with Gasteiger partial charge in [0.05, 0.1) is 22.1 Å². The normalized spacial score (nSPS) is 14.6. The van der Waals surface area contributed by atoms with Crippen molar-refractivity contribution in [2.24, 2.45) is 0 Å². The van der Waals surface area contributed by atoms with Crippen LogP contribution in [0.15, 0.2) is 413 Å². The Morgan fingerprint density at radius 1 is 0.178 bits per heavy atom. The van der Waals surface area contributed by atoms with Crippen LogP contribution < -0.4 is 0 Å². The molecule has 0 bridgehead atoms. The highest BCUT2D eigenvalue weighted by molar-refractivity contribution is 6.14. The minimum atomic E-state index is -0.0963. The van der Waals surface area contributed by atoms with E-state index in [2.05, 4.69) is 449 Å². The first-order chi connectivity index (χ1) is 58.0. The highest BCUT2D eigenvalue weighted by Gasteiger charge is 2.41. The lowest BCUT2D eigenvalue weighted by Crippen LogP contribution is -2.15. The van der Waals surface area contributed by atoms with Gasteiger partial charge in [-0.3, -0.25) is 0 Å². The SMILES string of the molecule is CC1(C)c2ccccc2-c2cc3c(cc21)-c1cc(-c2ccc4c(c2)c2ccccc2n4-c2ccc(-c4ccccc4)cc2)ccc1C3c1cccc(-c2ccccc2)c1.CC1(C)c2ccccc2-c2cc3c4cc(-c5ccc6c(c5)-c5ccccc5C6c5ccc(-c6ccccc6)cc5)ccc4n(-c4cccc(-c5ccccc5)c4)c3cc21. The fourth-order valence-electron chi connectivity index (χ4n) is 20.7. The first-order valence-corrected chi connectivity index (χ1v) is 41.6. The molecule has 4 aliphatic rings. The first kappa shape index (κ1) is 69.1. The molecule has 2 heterocycles. The summed E-state index contributed by atoms with van der Waals surface area (Å²) in [5.41, 5.74) is 46.4. The molecule has 0 fully saturated rings. The van der Waals surface area contributed by atoms with E-state index < -0.39 is 0 Å². The van der Waals surface area contributed by atoms with Gasteiger partial charge >= 0.3 is 0 Å². The van der Waals surface area contributed by atoms with Gasteiger partial charge in [-0.2, -0.15) is 0 Å². The second kappa shape index (κ2) is 27.1. The van der Waals surface area contributed by atoms with E-state index in [4.69, 9.17) is 0 Å². The molecule has 2 atom stereocenters. The molecule has 2 nitrogen and oxygen atoms in total. The summed E-state index contributed by atoms with van der Waals surface area (Å²) in [6.45, 7) is 9.53. The third-order valence-corrected chi connectivity index (χ3v) is 26.6. The summed E-state index contributed by atoms with van der Waals surface area (Å²) in [5, 5.41) is 5.08. The average Bonchev–Trinajstić information content (AvgIpc) is 1.55. The lowest BCUT2D eigenvalue weighted by molar-refractivity contribution is 0.660. The van der Waals surface area contributed by atoms with Crippen molar-refractivity contribution < 1.29 is 0 Å². The maximum absolute atomic E-state index is 2.54. The lowest BCUT2D eigenvalue weighted by atomic mass is 9.81. The van der Waals surface area contributed by atoms with Gasteiger partial charge in [0.1, 0.15) is 0 Å². The van der Waals surface area contributed by atoms with Crippen molar-refractivity contribution in [3.05, 3.63) is 468 Å². The van der Waals surface area contributed by atoms with E-state index >= 15 is 0 Å². The standard InChI is InChI=1S/2C58H41N/c1-58(2)53-22-11-9-20-45(53)50-35-52-49(36-54(50)58)48-33-41(26-30-47(48)57(52)43-19-13-18-40(32-43)38-16-7-4-8-17-38)42-27-31-56-51(34-42)46-21-10-12-23-55(46)59(56)44-28-24-39(25-29-44)37-14-5-3-6-15-37;1-58(2)53-23-12-11-21-46(53)50-35-52-51-34-43(29-31-55(51)59(56(52)36-54(50)58)44-19-13-18-41(32-44)38-16-7-4-8-17-38)42-28-30-48-49(33-42)45-20-9-10-22-47(45)57(48)40-26-24-39(25-27-40)37-14-5-3-6-15-37/h2*3-36,57H,1-2H3. The smallest absolute Gasteiger partial charge is 0.0544 e. The summed E-state index contributed by atoms with van der Waals surface area (Å²) >= 11 is 0. The van der Waals surface area contributed by atoms with Crippen molar-refractivity contribution >= 4 is 43.6 Å². The molecule has 20 aromatic rings. The van der Waals surface area contributed by atoms with Crippen LogP contribution in [0.5, 0.6) is 0 Å².